The third-order valence-corrected chi connectivity index (χ3v) is 14.4. The van der Waals surface area contributed by atoms with Crippen LogP contribution in [0, 0.1) is 13.8 Å². The maximum absolute atomic E-state index is 6.57. The predicted octanol–water partition coefficient (Wildman–Crippen LogP) is 19.3. The van der Waals surface area contributed by atoms with Crippen molar-refractivity contribution in [1.29, 1.82) is 0 Å². The highest BCUT2D eigenvalue weighted by molar-refractivity contribution is 6.29. The zero-order valence-corrected chi connectivity index (χ0v) is 38.7. The van der Waals surface area contributed by atoms with Gasteiger partial charge >= 0.3 is 0 Å². The lowest BCUT2D eigenvalue weighted by molar-refractivity contribution is 0.669. The maximum atomic E-state index is 6.57. The molecule has 12 aromatic carbocycles. The van der Waals surface area contributed by atoms with Gasteiger partial charge in [0, 0.05) is 66.2 Å². The number of fused-ring (bicyclic) bond motifs is 6. The summed E-state index contributed by atoms with van der Waals surface area (Å²) in [5.41, 5.74) is 16.9. The smallest absolute Gasteiger partial charge is 0.143 e. The Morgan fingerprint density at radius 3 is 1.11 bits per heavy atom. The Bertz CT molecular complexity index is 4060. The van der Waals surface area contributed by atoms with Gasteiger partial charge in [0.2, 0.25) is 0 Å². The molecule has 2 aromatic heterocycles. The van der Waals surface area contributed by atoms with Crippen molar-refractivity contribution in [1.82, 2.24) is 0 Å². The van der Waals surface area contributed by atoms with Gasteiger partial charge in [0.05, 0.1) is 11.4 Å². The molecular weight excluding hydrogens is 853 g/mol. The third-order valence-electron chi connectivity index (χ3n) is 14.4. The fourth-order valence-corrected chi connectivity index (χ4v) is 11.3. The molecule has 0 radical (unpaired) electrons. The van der Waals surface area contributed by atoms with E-state index in [1.807, 2.05) is 12.1 Å². The van der Waals surface area contributed by atoms with E-state index >= 15 is 0 Å². The van der Waals surface area contributed by atoms with Gasteiger partial charge in [0.1, 0.15) is 22.3 Å². The normalized spacial score (nSPS) is 11.9. The summed E-state index contributed by atoms with van der Waals surface area (Å²) in [5.74, 6) is 0. The Morgan fingerprint density at radius 2 is 0.657 bits per heavy atom. The first kappa shape index (κ1) is 40.0. The van der Waals surface area contributed by atoms with Gasteiger partial charge in [-0.25, -0.2) is 0 Å². The molecule has 14 aromatic rings. The Balaban J connectivity index is 0.972. The molecular formula is C66H44N2O2. The van der Waals surface area contributed by atoms with E-state index in [0.717, 1.165) is 100 Å². The second-order valence-electron chi connectivity index (χ2n) is 18.5. The first-order valence-electron chi connectivity index (χ1n) is 24.0. The molecule has 0 saturated heterocycles. The summed E-state index contributed by atoms with van der Waals surface area (Å²) in [5, 5.41) is 11.9. The molecule has 0 fully saturated rings. The van der Waals surface area contributed by atoms with Gasteiger partial charge in [0.25, 0.3) is 0 Å². The average molecular weight is 897 g/mol. The van der Waals surface area contributed by atoms with Crippen LogP contribution in [0.15, 0.2) is 239 Å². The maximum Gasteiger partial charge on any atom is 0.143 e. The number of furan rings is 2. The molecule has 4 nitrogen and oxygen atoms in total. The molecule has 330 valence electrons. The second-order valence-corrected chi connectivity index (χ2v) is 18.5. The van der Waals surface area contributed by atoms with Gasteiger partial charge in [-0.15, -0.1) is 0 Å². The van der Waals surface area contributed by atoms with Crippen LogP contribution in [-0.2, 0) is 0 Å². The van der Waals surface area contributed by atoms with Crippen molar-refractivity contribution < 1.29 is 8.83 Å². The van der Waals surface area contributed by atoms with Crippen LogP contribution in [-0.4, -0.2) is 0 Å². The molecule has 4 heteroatoms. The second kappa shape index (κ2) is 15.7. The zero-order valence-electron chi connectivity index (χ0n) is 38.7. The lowest BCUT2D eigenvalue weighted by atomic mass is 9.88. The Kier molecular flexibility index (Phi) is 8.99. The predicted molar refractivity (Wildman–Crippen MR) is 294 cm³/mol. The third kappa shape index (κ3) is 6.16. The van der Waals surface area contributed by atoms with Crippen molar-refractivity contribution in [3.8, 4) is 22.3 Å². The quantitative estimate of drug-likeness (QED) is 0.142. The Hall–Kier alpha value is -9.12. The fraction of sp³-hybridized carbons (Fsp3) is 0.0303. The molecule has 0 amide bonds. The van der Waals surface area contributed by atoms with E-state index in [-0.39, 0.29) is 0 Å². The number of benzene rings is 12. The molecule has 0 N–H and O–H groups in total. The highest BCUT2D eigenvalue weighted by Crippen LogP contribution is 2.50. The molecule has 0 aliphatic rings. The van der Waals surface area contributed by atoms with E-state index in [0.29, 0.717) is 0 Å². The van der Waals surface area contributed by atoms with Crippen molar-refractivity contribution in [2.24, 2.45) is 0 Å². The van der Waals surface area contributed by atoms with E-state index in [4.69, 9.17) is 8.83 Å². The largest absolute Gasteiger partial charge is 0.455 e. The lowest BCUT2D eigenvalue weighted by Gasteiger charge is -2.30. The van der Waals surface area contributed by atoms with Crippen LogP contribution < -0.4 is 9.80 Å². The SMILES string of the molecule is Cc1cc(N(c2ccccc2)c2cccc(-c3cccc4c3oc3ccccc34)c2)c2ccc3c(C)cc(N(c4ccccc4)c4cccc(-c5cccc6c5oc5ccccc56)c4)c4ccc1c2c34. The zero-order chi connectivity index (χ0) is 46.5. The van der Waals surface area contributed by atoms with Crippen molar-refractivity contribution >= 4 is 110 Å². The van der Waals surface area contributed by atoms with Gasteiger partial charge in [-0.1, -0.05) is 158 Å². The van der Waals surface area contributed by atoms with Gasteiger partial charge in [0.15, 0.2) is 0 Å². The van der Waals surface area contributed by atoms with Crippen molar-refractivity contribution in [3.05, 3.63) is 242 Å². The lowest BCUT2D eigenvalue weighted by Crippen LogP contribution is -2.12. The molecule has 0 aliphatic heterocycles. The van der Waals surface area contributed by atoms with Crippen molar-refractivity contribution in [3.63, 3.8) is 0 Å². The van der Waals surface area contributed by atoms with Crippen LogP contribution in [0.2, 0.25) is 0 Å². The highest BCUT2D eigenvalue weighted by Gasteiger charge is 2.25. The standard InChI is InChI=1S/C66H44N2O2/c1-41-37-59(67(45-19-5-3-6-20-45)47-23-13-17-43(39-47)51-27-15-29-55-53-25-9-11-31-61(53)69-65(51)55)57-36-34-50-42(2)38-60(58-35-33-49(41)63(57)64(50)58)68(46-21-7-4-8-22-46)48-24-14-18-44(40-48)52-28-16-30-56-54-26-10-12-32-62(54)70-66(52)56/h3-40H,1-2H3. The molecule has 0 aliphatic carbocycles. The Labute approximate surface area is 404 Å². The number of para-hydroxylation sites is 6. The summed E-state index contributed by atoms with van der Waals surface area (Å²) in [6.45, 7) is 4.52. The summed E-state index contributed by atoms with van der Waals surface area (Å²) >= 11 is 0. The van der Waals surface area contributed by atoms with Crippen LogP contribution in [0.5, 0.6) is 0 Å². The molecule has 14 rings (SSSR count). The highest BCUT2D eigenvalue weighted by atomic mass is 16.3. The molecule has 0 spiro atoms. The fourth-order valence-electron chi connectivity index (χ4n) is 11.3. The minimum Gasteiger partial charge on any atom is -0.455 e. The van der Waals surface area contributed by atoms with E-state index in [9.17, 15) is 0 Å². The van der Waals surface area contributed by atoms with Gasteiger partial charge in [-0.05, 0) is 130 Å². The number of hydrogen-bond donors (Lipinski definition) is 0. The first-order valence-corrected chi connectivity index (χ1v) is 24.0. The summed E-state index contributed by atoms with van der Waals surface area (Å²) in [7, 11) is 0. The topological polar surface area (TPSA) is 32.8 Å². The van der Waals surface area contributed by atoms with E-state index in [1.165, 1.54) is 43.4 Å². The monoisotopic (exact) mass is 896 g/mol. The van der Waals surface area contributed by atoms with Crippen LogP contribution >= 0.6 is 0 Å². The summed E-state index contributed by atoms with van der Waals surface area (Å²) < 4.78 is 13.1. The average Bonchev–Trinajstić information content (AvgIpc) is 3.99. The summed E-state index contributed by atoms with van der Waals surface area (Å²) in [6.07, 6.45) is 0. The molecule has 2 heterocycles. The molecule has 0 saturated carbocycles. The van der Waals surface area contributed by atoms with Crippen LogP contribution in [0.25, 0.3) is 98.4 Å². The molecule has 70 heavy (non-hydrogen) atoms. The van der Waals surface area contributed by atoms with E-state index in [1.54, 1.807) is 0 Å². The van der Waals surface area contributed by atoms with Crippen molar-refractivity contribution in [2.45, 2.75) is 13.8 Å². The van der Waals surface area contributed by atoms with Crippen LogP contribution in [0.3, 0.4) is 0 Å². The number of aryl methyl sites for hydroxylation is 2. The minimum atomic E-state index is 0.895. The molecule has 0 bridgehead atoms. The van der Waals surface area contributed by atoms with Crippen LogP contribution in [0.1, 0.15) is 11.1 Å². The summed E-state index contributed by atoms with van der Waals surface area (Å²) in [4.78, 5) is 4.86. The van der Waals surface area contributed by atoms with Gasteiger partial charge in [-0.3, -0.25) is 0 Å². The number of nitrogens with zero attached hydrogens (tertiary/aromatic N) is 2. The van der Waals surface area contributed by atoms with Crippen molar-refractivity contribution in [2.75, 3.05) is 9.80 Å². The van der Waals surface area contributed by atoms with Crippen LogP contribution in [0.4, 0.5) is 34.1 Å². The van der Waals surface area contributed by atoms with Gasteiger partial charge < -0.3 is 18.6 Å². The van der Waals surface area contributed by atoms with E-state index < -0.39 is 0 Å². The number of rotatable bonds is 8. The number of anilines is 6. The van der Waals surface area contributed by atoms with E-state index in [2.05, 4.69) is 242 Å². The first-order chi connectivity index (χ1) is 34.6. The number of hydrogen-bond acceptors (Lipinski definition) is 4. The summed E-state index contributed by atoms with van der Waals surface area (Å²) in [6, 6.07) is 83.0. The minimum absolute atomic E-state index is 0.895. The molecule has 0 atom stereocenters. The van der Waals surface area contributed by atoms with Gasteiger partial charge in [-0.2, -0.15) is 0 Å². The Morgan fingerprint density at radius 1 is 0.286 bits per heavy atom. The molecule has 0 unspecified atom stereocenters.